The summed E-state index contributed by atoms with van der Waals surface area (Å²) >= 11 is 0. The van der Waals surface area contributed by atoms with Crippen molar-refractivity contribution in [3.63, 3.8) is 0 Å². The van der Waals surface area contributed by atoms with Gasteiger partial charge >= 0.3 is 0 Å². The molecular formula is C12H23NO2. The van der Waals surface area contributed by atoms with Crippen LogP contribution in [0.3, 0.4) is 0 Å². The Balaban J connectivity index is 2.50. The zero-order valence-corrected chi connectivity index (χ0v) is 9.88. The number of amides is 1. The number of rotatable bonds is 4. The average molecular weight is 213 g/mol. The lowest BCUT2D eigenvalue weighted by Crippen LogP contribution is -2.46. The third kappa shape index (κ3) is 3.20. The summed E-state index contributed by atoms with van der Waals surface area (Å²) in [6, 6.07) is -0.0729. The zero-order chi connectivity index (χ0) is 11.3. The van der Waals surface area contributed by atoms with E-state index in [0.717, 1.165) is 32.1 Å². The molecule has 1 rings (SSSR count). The summed E-state index contributed by atoms with van der Waals surface area (Å²) in [6.07, 6.45) is 6.32. The molecule has 0 aromatic heterocycles. The highest BCUT2D eigenvalue weighted by molar-refractivity contribution is 5.82. The first-order valence-electron chi connectivity index (χ1n) is 6.04. The van der Waals surface area contributed by atoms with Gasteiger partial charge in [-0.3, -0.25) is 4.79 Å². The van der Waals surface area contributed by atoms with Crippen molar-refractivity contribution in [1.29, 1.82) is 0 Å². The van der Waals surface area contributed by atoms with E-state index in [1.54, 1.807) is 0 Å². The molecule has 15 heavy (non-hydrogen) atoms. The van der Waals surface area contributed by atoms with E-state index < -0.39 is 0 Å². The van der Waals surface area contributed by atoms with Crippen molar-refractivity contribution in [2.45, 2.75) is 58.4 Å². The van der Waals surface area contributed by atoms with Crippen molar-refractivity contribution in [3.8, 4) is 0 Å². The van der Waals surface area contributed by atoms with Crippen molar-refractivity contribution >= 4 is 5.91 Å². The fourth-order valence-electron chi connectivity index (χ4n) is 2.20. The van der Waals surface area contributed by atoms with Crippen LogP contribution in [0.1, 0.15) is 52.4 Å². The first kappa shape index (κ1) is 12.5. The highest BCUT2D eigenvalue weighted by atomic mass is 16.3. The van der Waals surface area contributed by atoms with Crippen LogP contribution in [0.4, 0.5) is 0 Å². The highest BCUT2D eigenvalue weighted by Gasteiger charge is 2.34. The van der Waals surface area contributed by atoms with Crippen LogP contribution in [0.5, 0.6) is 0 Å². The predicted molar refractivity (Wildman–Crippen MR) is 60.5 cm³/mol. The first-order valence-corrected chi connectivity index (χ1v) is 6.04. The summed E-state index contributed by atoms with van der Waals surface area (Å²) in [6.45, 7) is 4.06. The molecule has 0 aromatic rings. The Morgan fingerprint density at radius 3 is 2.47 bits per heavy atom. The number of nitrogens with one attached hydrogen (secondary N) is 1. The quantitative estimate of drug-likeness (QED) is 0.748. The number of carbonyl (C=O) groups is 1. The van der Waals surface area contributed by atoms with E-state index in [2.05, 4.69) is 5.32 Å². The summed E-state index contributed by atoms with van der Waals surface area (Å²) in [5.74, 6) is 0.128. The summed E-state index contributed by atoms with van der Waals surface area (Å²) in [4.78, 5) is 12.0. The van der Waals surface area contributed by atoms with Crippen LogP contribution in [0.2, 0.25) is 0 Å². The van der Waals surface area contributed by atoms with E-state index >= 15 is 0 Å². The second kappa shape index (κ2) is 5.50. The Labute approximate surface area is 92.3 Å². The number of aliphatic hydroxyl groups excluding tert-OH is 1. The third-order valence-corrected chi connectivity index (χ3v) is 3.55. The van der Waals surface area contributed by atoms with E-state index in [9.17, 15) is 4.79 Å². The van der Waals surface area contributed by atoms with Crippen molar-refractivity contribution in [3.05, 3.63) is 0 Å². The maximum Gasteiger partial charge on any atom is 0.226 e. The molecule has 1 atom stereocenters. The maximum absolute atomic E-state index is 12.0. The van der Waals surface area contributed by atoms with E-state index in [1.807, 2.05) is 13.8 Å². The molecule has 0 radical (unpaired) electrons. The van der Waals surface area contributed by atoms with Gasteiger partial charge in [-0.1, -0.05) is 33.1 Å². The van der Waals surface area contributed by atoms with Crippen LogP contribution < -0.4 is 5.32 Å². The monoisotopic (exact) mass is 213 g/mol. The van der Waals surface area contributed by atoms with Gasteiger partial charge in [-0.25, -0.2) is 0 Å². The number of carbonyl (C=O) groups excluding carboxylic acids is 1. The van der Waals surface area contributed by atoms with Crippen LogP contribution in [-0.2, 0) is 4.79 Å². The lowest BCUT2D eigenvalue weighted by atomic mass is 9.75. The molecule has 0 spiro atoms. The minimum atomic E-state index is -0.194. The van der Waals surface area contributed by atoms with Crippen LogP contribution >= 0.6 is 0 Å². The molecule has 1 saturated carbocycles. The van der Waals surface area contributed by atoms with Gasteiger partial charge in [-0.2, -0.15) is 0 Å². The van der Waals surface area contributed by atoms with E-state index in [1.165, 1.54) is 6.42 Å². The molecule has 1 amide bonds. The Kier molecular flexibility index (Phi) is 4.58. The second-order valence-electron chi connectivity index (χ2n) is 4.88. The molecule has 0 bridgehead atoms. The van der Waals surface area contributed by atoms with E-state index in [-0.39, 0.29) is 24.0 Å². The molecule has 1 aliphatic rings. The van der Waals surface area contributed by atoms with Crippen LogP contribution in [-0.4, -0.2) is 23.7 Å². The predicted octanol–water partition coefficient (Wildman–Crippen LogP) is 1.84. The highest BCUT2D eigenvalue weighted by Crippen LogP contribution is 2.35. The van der Waals surface area contributed by atoms with Gasteiger partial charge in [-0.05, 0) is 19.3 Å². The van der Waals surface area contributed by atoms with Gasteiger partial charge in [0.2, 0.25) is 5.91 Å². The zero-order valence-electron chi connectivity index (χ0n) is 9.88. The lowest BCUT2D eigenvalue weighted by molar-refractivity contribution is -0.133. The van der Waals surface area contributed by atoms with Crippen molar-refractivity contribution in [1.82, 2.24) is 5.32 Å². The Morgan fingerprint density at radius 2 is 2.00 bits per heavy atom. The Bertz CT molecular complexity index is 206. The normalized spacial score (nSPS) is 22.1. The molecule has 0 heterocycles. The average Bonchev–Trinajstić information content (AvgIpc) is 2.26. The minimum Gasteiger partial charge on any atom is -0.394 e. The Hall–Kier alpha value is -0.570. The summed E-state index contributed by atoms with van der Waals surface area (Å²) in [5.41, 5.74) is -0.194. The molecule has 2 N–H and O–H groups in total. The number of aliphatic hydroxyl groups is 1. The van der Waals surface area contributed by atoms with Crippen molar-refractivity contribution in [2.75, 3.05) is 6.61 Å². The van der Waals surface area contributed by atoms with Gasteiger partial charge in [0.05, 0.1) is 12.6 Å². The van der Waals surface area contributed by atoms with Gasteiger partial charge in [0.15, 0.2) is 0 Å². The maximum atomic E-state index is 12.0. The topological polar surface area (TPSA) is 49.3 Å². The molecule has 0 saturated heterocycles. The molecule has 1 aliphatic carbocycles. The first-order chi connectivity index (χ1) is 7.12. The second-order valence-corrected chi connectivity index (χ2v) is 4.88. The summed E-state index contributed by atoms with van der Waals surface area (Å²) in [5, 5.41) is 12.0. The summed E-state index contributed by atoms with van der Waals surface area (Å²) in [7, 11) is 0. The Morgan fingerprint density at radius 1 is 1.40 bits per heavy atom. The fraction of sp³-hybridized carbons (Fsp3) is 0.917. The SMILES string of the molecule is CC[C@@H](CO)NC(=O)C1(C)CCCCC1. The van der Waals surface area contributed by atoms with Gasteiger partial charge < -0.3 is 10.4 Å². The van der Waals surface area contributed by atoms with Gasteiger partial charge in [0, 0.05) is 5.41 Å². The molecule has 88 valence electrons. The molecule has 0 unspecified atom stereocenters. The largest absolute Gasteiger partial charge is 0.394 e. The molecule has 3 nitrogen and oxygen atoms in total. The molecule has 0 aromatic carbocycles. The molecular weight excluding hydrogens is 190 g/mol. The smallest absolute Gasteiger partial charge is 0.226 e. The van der Waals surface area contributed by atoms with Crippen molar-refractivity contribution in [2.24, 2.45) is 5.41 Å². The van der Waals surface area contributed by atoms with Gasteiger partial charge in [-0.15, -0.1) is 0 Å². The van der Waals surface area contributed by atoms with Crippen LogP contribution in [0.15, 0.2) is 0 Å². The minimum absolute atomic E-state index is 0.0400. The summed E-state index contributed by atoms with van der Waals surface area (Å²) < 4.78 is 0. The van der Waals surface area contributed by atoms with Gasteiger partial charge in [0.1, 0.15) is 0 Å². The lowest BCUT2D eigenvalue weighted by Gasteiger charge is -2.33. The van der Waals surface area contributed by atoms with E-state index in [4.69, 9.17) is 5.11 Å². The van der Waals surface area contributed by atoms with Crippen molar-refractivity contribution < 1.29 is 9.90 Å². The standard InChI is InChI=1S/C12H23NO2/c1-3-10(9-14)13-11(15)12(2)7-5-4-6-8-12/h10,14H,3-9H2,1-2H3,(H,13,15)/t10-/m0/s1. The third-order valence-electron chi connectivity index (χ3n) is 3.55. The molecule has 1 fully saturated rings. The number of hydrogen-bond acceptors (Lipinski definition) is 2. The van der Waals surface area contributed by atoms with E-state index in [0.29, 0.717) is 0 Å². The molecule has 3 heteroatoms. The molecule has 0 aliphatic heterocycles. The van der Waals surface area contributed by atoms with Crippen LogP contribution in [0.25, 0.3) is 0 Å². The van der Waals surface area contributed by atoms with Crippen LogP contribution in [0, 0.1) is 5.41 Å². The fourth-order valence-corrected chi connectivity index (χ4v) is 2.20. The van der Waals surface area contributed by atoms with Gasteiger partial charge in [0.25, 0.3) is 0 Å². The number of hydrogen-bond donors (Lipinski definition) is 2.